The maximum atomic E-state index is 11.5. The molecule has 0 saturated carbocycles. The molecule has 76 valence electrons. The van der Waals surface area contributed by atoms with Crippen LogP contribution in [0.5, 0.6) is 0 Å². The summed E-state index contributed by atoms with van der Waals surface area (Å²) in [7, 11) is 0. The van der Waals surface area contributed by atoms with Crippen molar-refractivity contribution in [3.8, 4) is 0 Å². The average molecular weight is 257 g/mol. The van der Waals surface area contributed by atoms with Gasteiger partial charge in [-0.2, -0.15) is 0 Å². The van der Waals surface area contributed by atoms with Crippen LogP contribution >= 0.6 is 15.9 Å². The number of hydrogen-bond donors (Lipinski definition) is 1. The van der Waals surface area contributed by atoms with E-state index in [0.717, 1.165) is 13.1 Å². The third kappa shape index (κ3) is 3.12. The first kappa shape index (κ1) is 11.2. The molecule has 1 aromatic rings. The zero-order valence-corrected chi connectivity index (χ0v) is 9.46. The fourth-order valence-electron chi connectivity index (χ4n) is 1.09. The first-order chi connectivity index (χ1) is 6.75. The molecule has 0 bridgehead atoms. The minimum absolute atomic E-state index is 0.00732. The Morgan fingerprint density at radius 2 is 2.43 bits per heavy atom. The minimum Gasteiger partial charge on any atom is -0.313 e. The van der Waals surface area contributed by atoms with E-state index >= 15 is 0 Å². The molecule has 0 amide bonds. The minimum atomic E-state index is 0.00732. The van der Waals surface area contributed by atoms with Crippen molar-refractivity contribution >= 4 is 15.9 Å². The number of nitrogens with one attached hydrogen (secondary N) is 1. The van der Waals surface area contributed by atoms with Crippen LogP contribution in [0.4, 0.5) is 0 Å². The molecule has 0 fully saturated rings. The van der Waals surface area contributed by atoms with E-state index in [4.69, 9.17) is 0 Å². The van der Waals surface area contributed by atoms with Crippen LogP contribution in [-0.2, 0) is 6.54 Å². The summed E-state index contributed by atoms with van der Waals surface area (Å²) in [6, 6.07) is 3.59. The second-order valence-electron chi connectivity index (χ2n) is 2.85. The second-order valence-corrected chi connectivity index (χ2v) is 3.70. The van der Waals surface area contributed by atoms with Crippen molar-refractivity contribution in [3.05, 3.63) is 45.8 Å². The van der Waals surface area contributed by atoms with Gasteiger partial charge in [-0.25, -0.2) is 0 Å². The van der Waals surface area contributed by atoms with Crippen molar-refractivity contribution in [2.24, 2.45) is 0 Å². The highest BCUT2D eigenvalue weighted by Crippen LogP contribution is 1.99. The molecule has 1 rings (SSSR count). The van der Waals surface area contributed by atoms with Crippen molar-refractivity contribution in [1.29, 1.82) is 0 Å². The summed E-state index contributed by atoms with van der Waals surface area (Å²) < 4.78 is 2.27. The number of aromatic nitrogens is 1. The van der Waals surface area contributed by atoms with E-state index < -0.39 is 0 Å². The molecule has 0 aliphatic heterocycles. The van der Waals surface area contributed by atoms with E-state index in [0.29, 0.717) is 11.0 Å². The van der Waals surface area contributed by atoms with Crippen LogP contribution in [0.3, 0.4) is 0 Å². The van der Waals surface area contributed by atoms with Gasteiger partial charge in [-0.3, -0.25) is 4.79 Å². The van der Waals surface area contributed by atoms with Crippen molar-refractivity contribution < 1.29 is 0 Å². The molecule has 1 aromatic heterocycles. The Hall–Kier alpha value is -0.870. The van der Waals surface area contributed by atoms with E-state index in [1.165, 1.54) is 0 Å². The van der Waals surface area contributed by atoms with Gasteiger partial charge >= 0.3 is 0 Å². The lowest BCUT2D eigenvalue weighted by Crippen LogP contribution is -2.26. The van der Waals surface area contributed by atoms with E-state index in [1.54, 1.807) is 22.9 Å². The summed E-state index contributed by atoms with van der Waals surface area (Å²) in [6.45, 7) is 5.80. The van der Waals surface area contributed by atoms with Gasteiger partial charge in [0.05, 0.1) is 4.47 Å². The third-order valence-corrected chi connectivity index (χ3v) is 2.40. The molecular weight excluding hydrogens is 244 g/mol. The summed E-state index contributed by atoms with van der Waals surface area (Å²) in [5.74, 6) is 0. The Morgan fingerprint density at radius 1 is 1.64 bits per heavy atom. The molecule has 0 spiro atoms. The zero-order valence-electron chi connectivity index (χ0n) is 7.87. The van der Waals surface area contributed by atoms with E-state index in [9.17, 15) is 4.79 Å². The molecule has 3 nitrogen and oxygen atoms in total. The lowest BCUT2D eigenvalue weighted by Gasteiger charge is -2.05. The summed E-state index contributed by atoms with van der Waals surface area (Å²) in [5, 5.41) is 3.14. The molecule has 4 heteroatoms. The molecule has 0 aliphatic carbocycles. The van der Waals surface area contributed by atoms with Gasteiger partial charge in [0.25, 0.3) is 5.56 Å². The molecule has 0 atom stereocenters. The molecule has 0 radical (unpaired) electrons. The first-order valence-corrected chi connectivity index (χ1v) is 5.21. The molecule has 1 N–H and O–H groups in total. The lowest BCUT2D eigenvalue weighted by atomic mass is 10.4. The highest BCUT2D eigenvalue weighted by molar-refractivity contribution is 9.10. The average Bonchev–Trinajstić information content (AvgIpc) is 2.19. The van der Waals surface area contributed by atoms with Crippen molar-refractivity contribution in [3.63, 3.8) is 0 Å². The maximum absolute atomic E-state index is 11.5. The number of halogens is 1. The zero-order chi connectivity index (χ0) is 10.4. The van der Waals surface area contributed by atoms with Crippen molar-refractivity contribution in [2.75, 3.05) is 13.1 Å². The normalized spacial score (nSPS) is 10.1. The number of nitrogens with zero attached hydrogens (tertiary/aromatic N) is 1. The maximum Gasteiger partial charge on any atom is 0.264 e. The van der Waals surface area contributed by atoms with Gasteiger partial charge in [0.1, 0.15) is 0 Å². The molecule has 1 heterocycles. The van der Waals surface area contributed by atoms with Gasteiger partial charge in [-0.1, -0.05) is 6.08 Å². The molecule has 14 heavy (non-hydrogen) atoms. The topological polar surface area (TPSA) is 34.0 Å². The molecule has 0 aliphatic rings. The van der Waals surface area contributed by atoms with Gasteiger partial charge in [0.15, 0.2) is 0 Å². The van der Waals surface area contributed by atoms with Crippen LogP contribution in [0.1, 0.15) is 0 Å². The fourth-order valence-corrected chi connectivity index (χ4v) is 1.47. The van der Waals surface area contributed by atoms with E-state index in [2.05, 4.69) is 27.8 Å². The van der Waals surface area contributed by atoms with Crippen LogP contribution in [0, 0.1) is 0 Å². The summed E-state index contributed by atoms with van der Waals surface area (Å²) >= 11 is 3.20. The van der Waals surface area contributed by atoms with Gasteiger partial charge in [0, 0.05) is 25.8 Å². The van der Waals surface area contributed by atoms with Crippen LogP contribution in [0.25, 0.3) is 0 Å². The van der Waals surface area contributed by atoms with Crippen LogP contribution in [0.15, 0.2) is 40.3 Å². The third-order valence-electron chi connectivity index (χ3n) is 1.79. The highest BCUT2D eigenvalue weighted by atomic mass is 79.9. The molecule has 0 saturated heterocycles. The van der Waals surface area contributed by atoms with Crippen LogP contribution in [0.2, 0.25) is 0 Å². The number of hydrogen-bond acceptors (Lipinski definition) is 2. The smallest absolute Gasteiger partial charge is 0.264 e. The molecular formula is C10H13BrN2O. The Bertz CT molecular complexity index is 359. The Labute approximate surface area is 91.6 Å². The SMILES string of the molecule is C=CCNCCn1cccc(Br)c1=O. The lowest BCUT2D eigenvalue weighted by molar-refractivity contribution is 0.608. The Balaban J connectivity index is 2.55. The Morgan fingerprint density at radius 3 is 3.14 bits per heavy atom. The quantitative estimate of drug-likeness (QED) is 0.638. The van der Waals surface area contributed by atoms with Crippen molar-refractivity contribution in [2.45, 2.75) is 6.54 Å². The van der Waals surface area contributed by atoms with E-state index in [-0.39, 0.29) is 5.56 Å². The number of pyridine rings is 1. The van der Waals surface area contributed by atoms with Crippen LogP contribution < -0.4 is 10.9 Å². The predicted molar refractivity (Wildman–Crippen MR) is 61.5 cm³/mol. The highest BCUT2D eigenvalue weighted by Gasteiger charge is 1.98. The number of rotatable bonds is 5. The summed E-state index contributed by atoms with van der Waals surface area (Å²) in [4.78, 5) is 11.5. The van der Waals surface area contributed by atoms with Crippen LogP contribution in [-0.4, -0.2) is 17.7 Å². The van der Waals surface area contributed by atoms with Gasteiger partial charge in [0.2, 0.25) is 0 Å². The fraction of sp³-hybridized carbons (Fsp3) is 0.300. The molecule has 0 unspecified atom stereocenters. The largest absolute Gasteiger partial charge is 0.313 e. The van der Waals surface area contributed by atoms with E-state index in [1.807, 2.05) is 6.07 Å². The summed E-state index contributed by atoms with van der Waals surface area (Å²) in [5.41, 5.74) is 0.00732. The Kier molecular flexibility index (Phi) is 4.62. The summed E-state index contributed by atoms with van der Waals surface area (Å²) in [6.07, 6.45) is 3.58. The van der Waals surface area contributed by atoms with Gasteiger partial charge in [-0.15, -0.1) is 6.58 Å². The van der Waals surface area contributed by atoms with Gasteiger partial charge < -0.3 is 9.88 Å². The molecule has 0 aromatic carbocycles. The monoisotopic (exact) mass is 256 g/mol. The predicted octanol–water partition coefficient (Wildman–Crippen LogP) is 1.39. The second kappa shape index (κ2) is 5.78. The van der Waals surface area contributed by atoms with Gasteiger partial charge in [-0.05, 0) is 28.1 Å². The van der Waals surface area contributed by atoms with Crippen molar-refractivity contribution in [1.82, 2.24) is 9.88 Å². The first-order valence-electron chi connectivity index (χ1n) is 4.42. The standard InChI is InChI=1S/C10H13BrN2O/c1-2-5-12-6-8-13-7-3-4-9(11)10(13)14/h2-4,7,12H,1,5-6,8H2.